The molecule has 1 aromatic rings. The zero-order valence-corrected chi connectivity index (χ0v) is 11.3. The van der Waals surface area contributed by atoms with Crippen LogP contribution in [0.5, 0.6) is 0 Å². The summed E-state index contributed by atoms with van der Waals surface area (Å²) in [7, 11) is 0. The van der Waals surface area contributed by atoms with Crippen LogP contribution in [0, 0.1) is 0 Å². The average molecular weight is 293 g/mol. The standard InChI is InChI=1S/C12H18F3N3O2/c1-2-11(4-3-5-16-7-11)10-17-9(18-20-10)6-19-8-12(13,14)15/h16H,2-8H2,1H3. The lowest BCUT2D eigenvalue weighted by Crippen LogP contribution is -2.43. The predicted octanol–water partition coefficient (Wildman–Crippen LogP) is 2.18. The molecule has 1 N–H and O–H groups in total. The SMILES string of the molecule is CCC1(c2nc(COCC(F)(F)F)no2)CCCNC1. The summed E-state index contributed by atoms with van der Waals surface area (Å²) in [6.07, 6.45) is -1.56. The second-order valence-electron chi connectivity index (χ2n) is 5.04. The summed E-state index contributed by atoms with van der Waals surface area (Å²) in [5.41, 5.74) is -0.215. The number of nitrogens with zero attached hydrogens (tertiary/aromatic N) is 2. The molecule has 1 aliphatic rings. The summed E-state index contributed by atoms with van der Waals surface area (Å²) >= 11 is 0. The number of rotatable bonds is 5. The first kappa shape index (κ1) is 15.2. The third-order valence-corrected chi connectivity index (χ3v) is 3.57. The normalized spacial score (nSPS) is 24.0. The Morgan fingerprint density at radius 3 is 2.85 bits per heavy atom. The molecule has 1 atom stereocenters. The zero-order valence-electron chi connectivity index (χ0n) is 11.3. The lowest BCUT2D eigenvalue weighted by atomic mass is 9.78. The number of aromatic nitrogens is 2. The molecule has 0 amide bonds. The van der Waals surface area contributed by atoms with Gasteiger partial charge in [-0.05, 0) is 25.8 Å². The van der Waals surface area contributed by atoms with E-state index in [4.69, 9.17) is 4.52 Å². The van der Waals surface area contributed by atoms with Crippen LogP contribution in [0.4, 0.5) is 13.2 Å². The monoisotopic (exact) mass is 293 g/mol. The maximum absolute atomic E-state index is 12.0. The highest BCUT2D eigenvalue weighted by Gasteiger charge is 2.37. The van der Waals surface area contributed by atoms with Crippen LogP contribution < -0.4 is 5.32 Å². The highest BCUT2D eigenvalue weighted by atomic mass is 19.4. The molecule has 0 spiro atoms. The van der Waals surface area contributed by atoms with E-state index >= 15 is 0 Å². The number of nitrogens with one attached hydrogen (secondary N) is 1. The highest BCUT2D eigenvalue weighted by Crippen LogP contribution is 2.33. The minimum Gasteiger partial charge on any atom is -0.364 e. The Balaban J connectivity index is 1.97. The van der Waals surface area contributed by atoms with Crippen molar-refractivity contribution in [1.82, 2.24) is 15.5 Å². The Bertz CT molecular complexity index is 428. The molecule has 0 radical (unpaired) electrons. The third kappa shape index (κ3) is 3.69. The van der Waals surface area contributed by atoms with Gasteiger partial charge in [-0.2, -0.15) is 18.2 Å². The quantitative estimate of drug-likeness (QED) is 0.901. The molecule has 1 unspecified atom stereocenters. The highest BCUT2D eigenvalue weighted by molar-refractivity contribution is 5.08. The van der Waals surface area contributed by atoms with Crippen LogP contribution in [0.25, 0.3) is 0 Å². The van der Waals surface area contributed by atoms with E-state index in [1.54, 1.807) is 0 Å². The lowest BCUT2D eigenvalue weighted by molar-refractivity contribution is -0.177. The molecule has 1 fully saturated rings. The van der Waals surface area contributed by atoms with Crippen LogP contribution >= 0.6 is 0 Å². The Morgan fingerprint density at radius 2 is 2.25 bits per heavy atom. The van der Waals surface area contributed by atoms with Gasteiger partial charge in [0.15, 0.2) is 5.82 Å². The molecule has 1 aliphatic heterocycles. The number of hydrogen-bond acceptors (Lipinski definition) is 5. The number of alkyl halides is 3. The molecule has 5 nitrogen and oxygen atoms in total. The van der Waals surface area contributed by atoms with Crippen LogP contribution in [0.15, 0.2) is 4.52 Å². The van der Waals surface area contributed by atoms with Crippen LogP contribution in [0.1, 0.15) is 37.9 Å². The average Bonchev–Trinajstić information content (AvgIpc) is 2.87. The Kier molecular flexibility index (Phi) is 4.64. The predicted molar refractivity (Wildman–Crippen MR) is 64.1 cm³/mol. The van der Waals surface area contributed by atoms with Gasteiger partial charge in [-0.15, -0.1) is 0 Å². The summed E-state index contributed by atoms with van der Waals surface area (Å²) in [4.78, 5) is 4.19. The van der Waals surface area contributed by atoms with Gasteiger partial charge in [0.2, 0.25) is 5.89 Å². The Labute approximate surface area is 114 Å². The smallest absolute Gasteiger partial charge is 0.364 e. The summed E-state index contributed by atoms with van der Waals surface area (Å²) in [6, 6.07) is 0. The largest absolute Gasteiger partial charge is 0.411 e. The molecule has 1 saturated heterocycles. The summed E-state index contributed by atoms with van der Waals surface area (Å²) in [5, 5.41) is 6.99. The van der Waals surface area contributed by atoms with E-state index < -0.39 is 12.8 Å². The topological polar surface area (TPSA) is 60.2 Å². The first-order valence-corrected chi connectivity index (χ1v) is 6.63. The lowest BCUT2D eigenvalue weighted by Gasteiger charge is -2.33. The maximum atomic E-state index is 12.0. The molecule has 2 heterocycles. The van der Waals surface area contributed by atoms with E-state index in [0.717, 1.165) is 32.4 Å². The van der Waals surface area contributed by atoms with Crippen LogP contribution in [-0.4, -0.2) is 36.0 Å². The van der Waals surface area contributed by atoms with Gasteiger partial charge in [-0.25, -0.2) is 0 Å². The van der Waals surface area contributed by atoms with Crippen molar-refractivity contribution in [3.8, 4) is 0 Å². The van der Waals surface area contributed by atoms with Gasteiger partial charge in [-0.3, -0.25) is 0 Å². The van der Waals surface area contributed by atoms with Crippen LogP contribution in [0.3, 0.4) is 0 Å². The van der Waals surface area contributed by atoms with Gasteiger partial charge in [-0.1, -0.05) is 12.1 Å². The molecular formula is C12H18F3N3O2. The summed E-state index contributed by atoms with van der Waals surface area (Å²) in [6.45, 7) is 2.14. The summed E-state index contributed by atoms with van der Waals surface area (Å²) in [5.74, 6) is 0.639. The fourth-order valence-corrected chi connectivity index (χ4v) is 2.39. The number of ether oxygens (including phenoxy) is 1. The molecule has 114 valence electrons. The molecule has 20 heavy (non-hydrogen) atoms. The number of hydrogen-bond donors (Lipinski definition) is 1. The van der Waals surface area contributed by atoms with Gasteiger partial charge in [0.05, 0.1) is 5.41 Å². The molecule has 0 bridgehead atoms. The fraction of sp³-hybridized carbons (Fsp3) is 0.833. The van der Waals surface area contributed by atoms with Crippen molar-refractivity contribution in [1.29, 1.82) is 0 Å². The molecule has 1 aromatic heterocycles. The number of halogens is 3. The molecule has 0 aromatic carbocycles. The van der Waals surface area contributed by atoms with E-state index in [1.807, 2.05) is 6.92 Å². The van der Waals surface area contributed by atoms with E-state index in [1.165, 1.54) is 0 Å². The summed E-state index contributed by atoms with van der Waals surface area (Å²) < 4.78 is 45.7. The van der Waals surface area contributed by atoms with E-state index in [-0.39, 0.29) is 17.8 Å². The van der Waals surface area contributed by atoms with Gasteiger partial charge in [0.25, 0.3) is 0 Å². The first-order valence-electron chi connectivity index (χ1n) is 6.63. The molecule has 0 aliphatic carbocycles. The first-order chi connectivity index (χ1) is 9.45. The minimum absolute atomic E-state index is 0.155. The molecule has 2 rings (SSSR count). The van der Waals surface area contributed by atoms with E-state index in [2.05, 4.69) is 20.2 Å². The van der Waals surface area contributed by atoms with Crippen molar-refractivity contribution in [2.75, 3.05) is 19.7 Å². The molecule has 0 saturated carbocycles. The Hall–Kier alpha value is -1.15. The maximum Gasteiger partial charge on any atom is 0.411 e. The fourth-order valence-electron chi connectivity index (χ4n) is 2.39. The van der Waals surface area contributed by atoms with Crippen molar-refractivity contribution >= 4 is 0 Å². The van der Waals surface area contributed by atoms with Crippen molar-refractivity contribution in [2.45, 2.75) is 44.4 Å². The van der Waals surface area contributed by atoms with Gasteiger partial charge >= 0.3 is 6.18 Å². The number of piperidine rings is 1. The van der Waals surface area contributed by atoms with Gasteiger partial charge < -0.3 is 14.6 Å². The van der Waals surface area contributed by atoms with Crippen LogP contribution in [-0.2, 0) is 16.8 Å². The van der Waals surface area contributed by atoms with Crippen molar-refractivity contribution in [3.05, 3.63) is 11.7 Å². The minimum atomic E-state index is -4.34. The van der Waals surface area contributed by atoms with Gasteiger partial charge in [0, 0.05) is 6.54 Å². The molecular weight excluding hydrogens is 275 g/mol. The van der Waals surface area contributed by atoms with Gasteiger partial charge in [0.1, 0.15) is 13.2 Å². The third-order valence-electron chi connectivity index (χ3n) is 3.57. The Morgan fingerprint density at radius 1 is 1.45 bits per heavy atom. The van der Waals surface area contributed by atoms with Crippen molar-refractivity contribution < 1.29 is 22.4 Å². The zero-order chi connectivity index (χ0) is 14.6. The van der Waals surface area contributed by atoms with Crippen molar-refractivity contribution in [3.63, 3.8) is 0 Å². The van der Waals surface area contributed by atoms with Crippen LogP contribution in [0.2, 0.25) is 0 Å². The van der Waals surface area contributed by atoms with E-state index in [0.29, 0.717) is 5.89 Å². The molecule has 8 heteroatoms. The van der Waals surface area contributed by atoms with Crippen molar-refractivity contribution in [2.24, 2.45) is 0 Å². The van der Waals surface area contributed by atoms with E-state index in [9.17, 15) is 13.2 Å². The second-order valence-corrected chi connectivity index (χ2v) is 5.04. The second kappa shape index (κ2) is 6.09.